The average Bonchev–Trinajstić information content (AvgIpc) is 2.59. The first-order chi connectivity index (χ1) is 11.2. The zero-order valence-electron chi connectivity index (χ0n) is 14.4. The van der Waals surface area contributed by atoms with Crippen molar-refractivity contribution in [2.45, 2.75) is 26.2 Å². The molecule has 0 aromatic heterocycles. The maximum Gasteiger partial charge on any atom is 0.234 e. The quantitative estimate of drug-likeness (QED) is 0.746. The number of piperazine rings is 1. The molecule has 1 aliphatic rings. The highest BCUT2D eigenvalue weighted by Crippen LogP contribution is 2.21. The number of unbranched alkanes of at least 4 members (excludes halogenated alkanes) is 2. The Morgan fingerprint density at radius 1 is 1.22 bits per heavy atom. The number of amides is 1. The molecule has 1 aliphatic heterocycles. The maximum atomic E-state index is 11.9. The Morgan fingerprint density at radius 2 is 2.00 bits per heavy atom. The zero-order chi connectivity index (χ0) is 16.5. The summed E-state index contributed by atoms with van der Waals surface area (Å²) in [6.07, 6.45) is 3.44. The molecule has 128 valence electrons. The Labute approximate surface area is 139 Å². The van der Waals surface area contributed by atoms with Gasteiger partial charge in [0, 0.05) is 44.5 Å². The molecule has 0 aliphatic carbocycles. The van der Waals surface area contributed by atoms with Crippen LogP contribution >= 0.6 is 0 Å². The third-order valence-electron chi connectivity index (χ3n) is 4.26. The first kappa shape index (κ1) is 17.6. The second-order valence-corrected chi connectivity index (χ2v) is 6.02. The number of ether oxygens (including phenoxy) is 1. The number of hydrogen-bond acceptors (Lipinski definition) is 4. The molecule has 1 aromatic carbocycles. The van der Waals surface area contributed by atoms with Gasteiger partial charge in [0.2, 0.25) is 5.91 Å². The van der Waals surface area contributed by atoms with E-state index in [9.17, 15) is 4.79 Å². The summed E-state index contributed by atoms with van der Waals surface area (Å²) in [5.41, 5.74) is 1.19. The fourth-order valence-corrected chi connectivity index (χ4v) is 2.83. The number of benzene rings is 1. The SMILES string of the molecule is CCCCCNC(=O)CN1CCN(c2cccc(OC)c2)CC1. The zero-order valence-corrected chi connectivity index (χ0v) is 14.4. The number of nitrogens with zero attached hydrogens (tertiary/aromatic N) is 2. The van der Waals surface area contributed by atoms with Crippen molar-refractivity contribution in [2.24, 2.45) is 0 Å². The molecule has 1 fully saturated rings. The van der Waals surface area contributed by atoms with Gasteiger partial charge in [-0.15, -0.1) is 0 Å². The molecule has 0 spiro atoms. The molecular formula is C18H29N3O2. The van der Waals surface area contributed by atoms with Gasteiger partial charge < -0.3 is 15.0 Å². The molecule has 5 heteroatoms. The highest BCUT2D eigenvalue weighted by Gasteiger charge is 2.19. The van der Waals surface area contributed by atoms with Crippen LogP contribution in [0.5, 0.6) is 5.75 Å². The molecule has 0 unspecified atom stereocenters. The minimum absolute atomic E-state index is 0.149. The van der Waals surface area contributed by atoms with Gasteiger partial charge in [-0.2, -0.15) is 0 Å². The molecule has 0 atom stereocenters. The van der Waals surface area contributed by atoms with Crippen molar-refractivity contribution in [3.8, 4) is 5.75 Å². The van der Waals surface area contributed by atoms with Crippen molar-refractivity contribution in [1.29, 1.82) is 0 Å². The van der Waals surface area contributed by atoms with E-state index in [-0.39, 0.29) is 5.91 Å². The predicted molar refractivity (Wildman–Crippen MR) is 94.2 cm³/mol. The third kappa shape index (κ3) is 5.75. The second kappa shape index (κ2) is 9.40. The van der Waals surface area contributed by atoms with Crippen LogP contribution in [0, 0.1) is 0 Å². The summed E-state index contributed by atoms with van der Waals surface area (Å²) in [7, 11) is 1.69. The van der Waals surface area contributed by atoms with Crippen LogP contribution in [0.4, 0.5) is 5.69 Å². The summed E-state index contributed by atoms with van der Waals surface area (Å²) < 4.78 is 5.28. The molecular weight excluding hydrogens is 290 g/mol. The normalized spacial score (nSPS) is 15.5. The minimum atomic E-state index is 0.149. The highest BCUT2D eigenvalue weighted by molar-refractivity contribution is 5.78. The molecule has 1 heterocycles. The lowest BCUT2D eigenvalue weighted by Gasteiger charge is -2.35. The van der Waals surface area contributed by atoms with Crippen LogP contribution in [0.1, 0.15) is 26.2 Å². The smallest absolute Gasteiger partial charge is 0.234 e. The number of nitrogens with one attached hydrogen (secondary N) is 1. The lowest BCUT2D eigenvalue weighted by molar-refractivity contribution is -0.122. The number of anilines is 1. The summed E-state index contributed by atoms with van der Waals surface area (Å²) >= 11 is 0. The van der Waals surface area contributed by atoms with E-state index in [1.165, 1.54) is 18.5 Å². The van der Waals surface area contributed by atoms with E-state index >= 15 is 0 Å². The molecule has 2 rings (SSSR count). The first-order valence-electron chi connectivity index (χ1n) is 8.61. The van der Waals surface area contributed by atoms with Gasteiger partial charge in [0.1, 0.15) is 5.75 Å². The lowest BCUT2D eigenvalue weighted by atomic mass is 10.2. The number of carbonyl (C=O) groups is 1. The fourth-order valence-electron chi connectivity index (χ4n) is 2.83. The number of carbonyl (C=O) groups excluding carboxylic acids is 1. The summed E-state index contributed by atoms with van der Waals surface area (Å²) in [5, 5.41) is 3.01. The Balaban J connectivity index is 1.72. The van der Waals surface area contributed by atoms with Crippen LogP contribution in [-0.2, 0) is 4.79 Å². The van der Waals surface area contributed by atoms with E-state index in [1.54, 1.807) is 7.11 Å². The van der Waals surface area contributed by atoms with E-state index in [0.717, 1.165) is 44.9 Å². The standard InChI is InChI=1S/C18H29N3O2/c1-3-4-5-9-19-18(22)15-20-10-12-21(13-11-20)16-7-6-8-17(14-16)23-2/h6-8,14H,3-5,9-13,15H2,1-2H3,(H,19,22). The van der Waals surface area contributed by atoms with E-state index in [2.05, 4.69) is 34.2 Å². The molecule has 0 saturated carbocycles. The van der Waals surface area contributed by atoms with Crippen LogP contribution in [0.2, 0.25) is 0 Å². The van der Waals surface area contributed by atoms with Crippen molar-refractivity contribution >= 4 is 11.6 Å². The lowest BCUT2D eigenvalue weighted by Crippen LogP contribution is -2.49. The number of methoxy groups -OCH3 is 1. The van der Waals surface area contributed by atoms with Crippen molar-refractivity contribution in [1.82, 2.24) is 10.2 Å². The van der Waals surface area contributed by atoms with Crippen LogP contribution in [0.25, 0.3) is 0 Å². The van der Waals surface area contributed by atoms with Gasteiger partial charge in [-0.1, -0.05) is 25.8 Å². The van der Waals surface area contributed by atoms with E-state index < -0.39 is 0 Å². The van der Waals surface area contributed by atoms with Crippen LogP contribution in [0.15, 0.2) is 24.3 Å². The van der Waals surface area contributed by atoms with Crippen molar-refractivity contribution in [2.75, 3.05) is 51.3 Å². The number of rotatable bonds is 8. The first-order valence-corrected chi connectivity index (χ1v) is 8.61. The summed E-state index contributed by atoms with van der Waals surface area (Å²) in [5.74, 6) is 1.03. The Hall–Kier alpha value is -1.75. The van der Waals surface area contributed by atoms with Gasteiger partial charge in [0.25, 0.3) is 0 Å². The van der Waals surface area contributed by atoms with Crippen molar-refractivity contribution < 1.29 is 9.53 Å². The summed E-state index contributed by atoms with van der Waals surface area (Å²) in [6.45, 7) is 7.20. The largest absolute Gasteiger partial charge is 0.497 e. The molecule has 23 heavy (non-hydrogen) atoms. The topological polar surface area (TPSA) is 44.8 Å². The Morgan fingerprint density at radius 3 is 2.70 bits per heavy atom. The van der Waals surface area contributed by atoms with Crippen LogP contribution in [-0.4, -0.2) is 57.2 Å². The van der Waals surface area contributed by atoms with Crippen molar-refractivity contribution in [3.63, 3.8) is 0 Å². The molecule has 5 nitrogen and oxygen atoms in total. The molecule has 1 N–H and O–H groups in total. The summed E-state index contributed by atoms with van der Waals surface area (Å²) in [6, 6.07) is 8.15. The Bertz CT molecular complexity index is 485. The fraction of sp³-hybridized carbons (Fsp3) is 0.611. The molecule has 1 aromatic rings. The highest BCUT2D eigenvalue weighted by atomic mass is 16.5. The van der Waals surface area contributed by atoms with Gasteiger partial charge >= 0.3 is 0 Å². The summed E-state index contributed by atoms with van der Waals surface area (Å²) in [4.78, 5) is 16.5. The van der Waals surface area contributed by atoms with E-state index in [0.29, 0.717) is 6.54 Å². The van der Waals surface area contributed by atoms with Crippen molar-refractivity contribution in [3.05, 3.63) is 24.3 Å². The molecule has 0 bridgehead atoms. The second-order valence-electron chi connectivity index (χ2n) is 6.02. The van der Waals surface area contributed by atoms with E-state index in [1.807, 2.05) is 12.1 Å². The van der Waals surface area contributed by atoms with Gasteiger partial charge in [-0.3, -0.25) is 9.69 Å². The van der Waals surface area contributed by atoms with Crippen LogP contribution < -0.4 is 15.0 Å². The average molecular weight is 319 g/mol. The molecule has 0 radical (unpaired) electrons. The Kier molecular flexibility index (Phi) is 7.20. The maximum absolute atomic E-state index is 11.9. The minimum Gasteiger partial charge on any atom is -0.497 e. The van der Waals surface area contributed by atoms with Gasteiger partial charge in [0.05, 0.1) is 13.7 Å². The monoisotopic (exact) mass is 319 g/mol. The predicted octanol–water partition coefficient (Wildman–Crippen LogP) is 2.12. The third-order valence-corrected chi connectivity index (χ3v) is 4.26. The molecule has 1 saturated heterocycles. The van der Waals surface area contributed by atoms with Gasteiger partial charge in [-0.25, -0.2) is 0 Å². The van der Waals surface area contributed by atoms with Gasteiger partial charge in [0.15, 0.2) is 0 Å². The van der Waals surface area contributed by atoms with E-state index in [4.69, 9.17) is 4.74 Å². The van der Waals surface area contributed by atoms with Crippen LogP contribution in [0.3, 0.4) is 0 Å². The van der Waals surface area contributed by atoms with Gasteiger partial charge in [-0.05, 0) is 18.6 Å². The number of hydrogen-bond donors (Lipinski definition) is 1. The molecule has 1 amide bonds.